The van der Waals surface area contributed by atoms with Crippen LogP contribution in [0.25, 0.3) is 10.8 Å². The number of nitrogens with zero attached hydrogens (tertiary/aromatic N) is 2. The Labute approximate surface area is 176 Å². The topological polar surface area (TPSA) is 74.3 Å². The van der Waals surface area contributed by atoms with Crippen LogP contribution in [0.5, 0.6) is 0 Å². The van der Waals surface area contributed by atoms with Crippen molar-refractivity contribution in [2.75, 3.05) is 19.6 Å². The molecule has 0 saturated carbocycles. The molecule has 6 nitrogen and oxygen atoms in total. The monoisotopic (exact) mass is 402 g/mol. The second kappa shape index (κ2) is 9.50. The van der Waals surface area contributed by atoms with Gasteiger partial charge in [-0.1, -0.05) is 42.5 Å². The zero-order valence-corrected chi connectivity index (χ0v) is 16.9. The van der Waals surface area contributed by atoms with Crippen LogP contribution in [-0.4, -0.2) is 47.4 Å². The Bertz CT molecular complexity index is 1020. The molecule has 3 aromatic rings. The van der Waals surface area contributed by atoms with E-state index in [4.69, 9.17) is 0 Å². The lowest BCUT2D eigenvalue weighted by Gasteiger charge is -2.34. The molecule has 4 rings (SSSR count). The normalized spacial score (nSPS) is 16.9. The fraction of sp³-hybridized carbons (Fsp3) is 0.292. The smallest absolute Gasteiger partial charge is 0.237 e. The second-order valence-electron chi connectivity index (χ2n) is 7.58. The number of piperazine rings is 1. The third-order valence-electron chi connectivity index (χ3n) is 5.45. The number of nitrogens with one attached hydrogen (secondary N) is 2. The highest BCUT2D eigenvalue weighted by Gasteiger charge is 2.31. The third kappa shape index (κ3) is 5.02. The number of benzene rings is 2. The van der Waals surface area contributed by atoms with Crippen LogP contribution in [0.3, 0.4) is 0 Å². The number of rotatable bonds is 7. The summed E-state index contributed by atoms with van der Waals surface area (Å²) < 4.78 is 0. The van der Waals surface area contributed by atoms with Crippen molar-refractivity contribution in [3.63, 3.8) is 0 Å². The number of fused-ring (bicyclic) bond motifs is 1. The van der Waals surface area contributed by atoms with Crippen molar-refractivity contribution in [2.24, 2.45) is 0 Å². The zero-order valence-electron chi connectivity index (χ0n) is 16.9. The lowest BCUT2D eigenvalue weighted by atomic mass is 10.0. The van der Waals surface area contributed by atoms with Gasteiger partial charge < -0.3 is 10.6 Å². The Morgan fingerprint density at radius 2 is 1.93 bits per heavy atom. The van der Waals surface area contributed by atoms with E-state index in [1.807, 2.05) is 30.3 Å². The van der Waals surface area contributed by atoms with E-state index in [1.54, 1.807) is 6.20 Å². The number of hydrogen-bond acceptors (Lipinski definition) is 4. The van der Waals surface area contributed by atoms with Gasteiger partial charge in [-0.05, 0) is 34.5 Å². The maximum atomic E-state index is 12.5. The minimum absolute atomic E-state index is 0.0816. The molecule has 1 fully saturated rings. The van der Waals surface area contributed by atoms with E-state index in [9.17, 15) is 9.59 Å². The zero-order chi connectivity index (χ0) is 20.8. The molecule has 0 spiro atoms. The molecule has 1 unspecified atom stereocenters. The number of carbonyl (C=O) groups excluding carboxylic acids is 2. The van der Waals surface area contributed by atoms with Crippen LogP contribution in [0.2, 0.25) is 0 Å². The average molecular weight is 402 g/mol. The molecule has 6 heteroatoms. The van der Waals surface area contributed by atoms with Crippen molar-refractivity contribution < 1.29 is 9.59 Å². The van der Waals surface area contributed by atoms with Gasteiger partial charge in [0.15, 0.2) is 0 Å². The first kappa shape index (κ1) is 20.0. The quantitative estimate of drug-likeness (QED) is 0.636. The van der Waals surface area contributed by atoms with Gasteiger partial charge in [-0.2, -0.15) is 0 Å². The average Bonchev–Trinajstić information content (AvgIpc) is 2.77. The summed E-state index contributed by atoms with van der Waals surface area (Å²) in [5.41, 5.74) is 2.08. The molecule has 1 saturated heterocycles. The van der Waals surface area contributed by atoms with Gasteiger partial charge >= 0.3 is 0 Å². The van der Waals surface area contributed by atoms with Crippen molar-refractivity contribution in [2.45, 2.75) is 25.4 Å². The van der Waals surface area contributed by atoms with Gasteiger partial charge in [0, 0.05) is 44.5 Å². The van der Waals surface area contributed by atoms with E-state index in [-0.39, 0.29) is 18.2 Å². The fourth-order valence-corrected chi connectivity index (χ4v) is 3.87. The van der Waals surface area contributed by atoms with Crippen LogP contribution in [0.15, 0.2) is 66.9 Å². The Kier molecular flexibility index (Phi) is 6.35. The molecule has 2 heterocycles. The van der Waals surface area contributed by atoms with Gasteiger partial charge in [0.1, 0.15) is 0 Å². The minimum atomic E-state index is -0.458. The van der Waals surface area contributed by atoms with Crippen molar-refractivity contribution in [1.29, 1.82) is 0 Å². The first-order valence-corrected chi connectivity index (χ1v) is 10.3. The molecule has 2 N–H and O–H groups in total. The van der Waals surface area contributed by atoms with Gasteiger partial charge in [0.2, 0.25) is 11.8 Å². The van der Waals surface area contributed by atoms with Crippen LogP contribution in [-0.2, 0) is 22.6 Å². The van der Waals surface area contributed by atoms with Crippen LogP contribution in [0.4, 0.5) is 0 Å². The molecule has 2 amide bonds. The molecule has 1 aliphatic rings. The SMILES string of the molecule is O=C(CC1C(=O)NCCN1Cc1ccc2ccccc2c1)NCCc1ccccn1. The molecular formula is C24H26N4O2. The largest absolute Gasteiger partial charge is 0.356 e. The number of amides is 2. The molecular weight excluding hydrogens is 376 g/mol. The molecule has 1 atom stereocenters. The highest BCUT2D eigenvalue weighted by atomic mass is 16.2. The highest BCUT2D eigenvalue weighted by molar-refractivity contribution is 5.89. The fourth-order valence-electron chi connectivity index (χ4n) is 3.87. The number of carbonyl (C=O) groups is 2. The summed E-state index contributed by atoms with van der Waals surface area (Å²) in [6, 6.07) is 19.9. The lowest BCUT2D eigenvalue weighted by molar-refractivity contribution is -0.134. The van der Waals surface area contributed by atoms with Crippen LogP contribution in [0, 0.1) is 0 Å². The summed E-state index contributed by atoms with van der Waals surface area (Å²) in [5.74, 6) is -0.196. The van der Waals surface area contributed by atoms with Gasteiger partial charge in [-0.25, -0.2) is 0 Å². The predicted octanol–water partition coefficient (Wildman–Crippen LogP) is 2.28. The minimum Gasteiger partial charge on any atom is -0.356 e. The van der Waals surface area contributed by atoms with Gasteiger partial charge in [-0.15, -0.1) is 0 Å². The molecule has 0 aliphatic carbocycles. The summed E-state index contributed by atoms with van der Waals surface area (Å²) in [7, 11) is 0. The molecule has 0 radical (unpaired) electrons. The van der Waals surface area contributed by atoms with Crippen LogP contribution < -0.4 is 10.6 Å². The van der Waals surface area contributed by atoms with E-state index in [0.29, 0.717) is 26.1 Å². The number of pyridine rings is 1. The van der Waals surface area contributed by atoms with Gasteiger partial charge in [0.05, 0.1) is 12.5 Å². The first-order valence-electron chi connectivity index (χ1n) is 10.3. The van der Waals surface area contributed by atoms with E-state index < -0.39 is 6.04 Å². The highest BCUT2D eigenvalue weighted by Crippen LogP contribution is 2.19. The number of hydrogen-bond donors (Lipinski definition) is 2. The Hall–Kier alpha value is -3.25. The maximum absolute atomic E-state index is 12.5. The maximum Gasteiger partial charge on any atom is 0.237 e. The molecule has 1 aromatic heterocycles. The molecule has 154 valence electrons. The molecule has 2 aromatic carbocycles. The second-order valence-corrected chi connectivity index (χ2v) is 7.58. The lowest BCUT2D eigenvalue weighted by Crippen LogP contribution is -2.56. The van der Waals surface area contributed by atoms with Gasteiger partial charge in [0.25, 0.3) is 0 Å². The molecule has 0 bridgehead atoms. The van der Waals surface area contributed by atoms with E-state index >= 15 is 0 Å². The summed E-state index contributed by atoms with van der Waals surface area (Å²) >= 11 is 0. The Morgan fingerprint density at radius 3 is 2.77 bits per heavy atom. The summed E-state index contributed by atoms with van der Waals surface area (Å²) in [6.07, 6.45) is 2.57. The van der Waals surface area contributed by atoms with E-state index in [0.717, 1.165) is 17.8 Å². The number of aromatic nitrogens is 1. The van der Waals surface area contributed by atoms with Crippen LogP contribution >= 0.6 is 0 Å². The third-order valence-corrected chi connectivity index (χ3v) is 5.45. The molecule has 30 heavy (non-hydrogen) atoms. The van der Waals surface area contributed by atoms with Crippen molar-refractivity contribution in [3.8, 4) is 0 Å². The van der Waals surface area contributed by atoms with E-state index in [2.05, 4.69) is 50.8 Å². The van der Waals surface area contributed by atoms with Crippen molar-refractivity contribution in [3.05, 3.63) is 78.1 Å². The standard InChI is InChI=1S/C24H26N4O2/c29-23(26-12-10-21-7-3-4-11-25-21)16-22-24(30)27-13-14-28(22)17-18-8-9-19-5-1-2-6-20(19)15-18/h1-9,11,15,22H,10,12-14,16-17H2,(H,26,29)(H,27,30). The Balaban J connectivity index is 1.37. The van der Waals surface area contributed by atoms with Crippen molar-refractivity contribution in [1.82, 2.24) is 20.5 Å². The summed E-state index contributed by atoms with van der Waals surface area (Å²) in [6.45, 7) is 2.48. The summed E-state index contributed by atoms with van der Waals surface area (Å²) in [4.78, 5) is 31.3. The van der Waals surface area contributed by atoms with Gasteiger partial charge in [-0.3, -0.25) is 19.5 Å². The molecule has 1 aliphatic heterocycles. The van der Waals surface area contributed by atoms with Crippen LogP contribution in [0.1, 0.15) is 17.7 Å². The summed E-state index contributed by atoms with van der Waals surface area (Å²) in [5, 5.41) is 8.19. The Morgan fingerprint density at radius 1 is 1.10 bits per heavy atom. The van der Waals surface area contributed by atoms with Crippen molar-refractivity contribution >= 4 is 22.6 Å². The first-order chi connectivity index (χ1) is 14.7. The van der Waals surface area contributed by atoms with E-state index in [1.165, 1.54) is 10.8 Å². The predicted molar refractivity (Wildman–Crippen MR) is 117 cm³/mol.